The zero-order valence-corrected chi connectivity index (χ0v) is 31.1. The van der Waals surface area contributed by atoms with E-state index in [9.17, 15) is 14.4 Å². The van der Waals surface area contributed by atoms with Gasteiger partial charge in [-0.15, -0.1) is 0 Å². The van der Waals surface area contributed by atoms with Crippen LogP contribution in [-0.2, 0) is 32.0 Å². The molecule has 5 rings (SSSR count). The number of nitrogens with two attached hydrogens (primary N) is 1. The number of aldehydes is 1. The van der Waals surface area contributed by atoms with Crippen LogP contribution in [0.2, 0.25) is 0 Å². The van der Waals surface area contributed by atoms with E-state index in [0.29, 0.717) is 32.2 Å². The van der Waals surface area contributed by atoms with Crippen molar-refractivity contribution in [1.82, 2.24) is 30.2 Å². The molecule has 0 bridgehead atoms. The summed E-state index contributed by atoms with van der Waals surface area (Å²) in [6.07, 6.45) is 6.37. The second-order valence-corrected chi connectivity index (χ2v) is 14.9. The standard InChI is InChI=1S/C40H59N7O4/c1-5-30(2)35(43-36(49)33(41)27-31-15-8-6-9-16-31)38(51)45(4)34(28-32-17-10-7-11-18-32)37(50)47-24-14-19-39(47,29-48)40(20-12-13-23-44(40)3)46-25-21-42-22-26-46/h6-11,15-18,29-30,33-35,42H,5,12-14,19-28,41H2,1-4H3,(H,43,49)/t30-,33+,34+,35-,39-,40?/m0/s1. The molecule has 3 fully saturated rings. The van der Waals surface area contributed by atoms with E-state index in [-0.39, 0.29) is 24.2 Å². The van der Waals surface area contributed by atoms with Gasteiger partial charge in [-0.1, -0.05) is 80.9 Å². The summed E-state index contributed by atoms with van der Waals surface area (Å²) in [5.74, 6) is -1.20. The second kappa shape index (κ2) is 17.3. The molecule has 2 aromatic carbocycles. The third kappa shape index (κ3) is 7.91. The summed E-state index contributed by atoms with van der Waals surface area (Å²) in [6.45, 7) is 8.41. The molecule has 1 unspecified atom stereocenters. The molecule has 3 amide bonds. The fraction of sp³-hybridized carbons (Fsp3) is 0.600. The number of piperidine rings is 1. The molecule has 4 N–H and O–H groups in total. The SMILES string of the molecule is CC[C@H](C)[C@H](NC(=O)[C@H](N)Cc1ccccc1)C(=O)N(C)[C@H](Cc1ccccc1)C(=O)N1CCC[C@]1(C=O)C1(N2CCNCC2)CCCCN1C. The highest BCUT2D eigenvalue weighted by atomic mass is 16.2. The zero-order valence-electron chi connectivity index (χ0n) is 31.1. The molecule has 0 aliphatic carbocycles. The van der Waals surface area contributed by atoms with Crippen LogP contribution >= 0.6 is 0 Å². The summed E-state index contributed by atoms with van der Waals surface area (Å²) >= 11 is 0. The number of hydrogen-bond donors (Lipinski definition) is 3. The number of nitrogens with one attached hydrogen (secondary N) is 2. The third-order valence-corrected chi connectivity index (χ3v) is 11.9. The van der Waals surface area contributed by atoms with Gasteiger partial charge in [-0.3, -0.25) is 24.2 Å². The van der Waals surface area contributed by atoms with Crippen molar-refractivity contribution in [1.29, 1.82) is 0 Å². The summed E-state index contributed by atoms with van der Waals surface area (Å²) in [4.78, 5) is 65.2. The van der Waals surface area contributed by atoms with Gasteiger partial charge in [0.15, 0.2) is 0 Å². The smallest absolute Gasteiger partial charge is 0.246 e. The van der Waals surface area contributed by atoms with Crippen molar-refractivity contribution < 1.29 is 19.2 Å². The fourth-order valence-corrected chi connectivity index (χ4v) is 8.82. The third-order valence-electron chi connectivity index (χ3n) is 11.9. The van der Waals surface area contributed by atoms with Crippen LogP contribution in [0.3, 0.4) is 0 Å². The monoisotopic (exact) mass is 701 g/mol. The van der Waals surface area contributed by atoms with Crippen LogP contribution in [0.15, 0.2) is 60.7 Å². The first-order valence-electron chi connectivity index (χ1n) is 18.9. The summed E-state index contributed by atoms with van der Waals surface area (Å²) in [5.41, 5.74) is 6.48. The maximum absolute atomic E-state index is 15.3. The van der Waals surface area contributed by atoms with Gasteiger partial charge in [-0.2, -0.15) is 0 Å². The van der Waals surface area contributed by atoms with Crippen LogP contribution in [0.4, 0.5) is 0 Å². The number of rotatable bonds is 14. The van der Waals surface area contributed by atoms with E-state index >= 15 is 4.79 Å². The van der Waals surface area contributed by atoms with Crippen LogP contribution < -0.4 is 16.4 Å². The molecule has 6 atom stereocenters. The van der Waals surface area contributed by atoms with Gasteiger partial charge in [-0.05, 0) is 69.2 Å². The molecule has 11 heteroatoms. The molecule has 51 heavy (non-hydrogen) atoms. The molecule has 0 saturated carbocycles. The van der Waals surface area contributed by atoms with Crippen molar-refractivity contribution >= 4 is 24.0 Å². The van der Waals surface area contributed by atoms with Gasteiger partial charge in [0.25, 0.3) is 0 Å². The van der Waals surface area contributed by atoms with Gasteiger partial charge in [0.05, 0.1) is 6.04 Å². The van der Waals surface area contributed by atoms with Gasteiger partial charge >= 0.3 is 0 Å². The Morgan fingerprint density at radius 1 is 0.922 bits per heavy atom. The average molecular weight is 702 g/mol. The van der Waals surface area contributed by atoms with Crippen LogP contribution in [0, 0.1) is 5.92 Å². The minimum atomic E-state index is -1.08. The molecule has 3 aliphatic rings. The van der Waals surface area contributed by atoms with Gasteiger partial charge < -0.3 is 31.0 Å². The average Bonchev–Trinajstić information content (AvgIpc) is 3.62. The Morgan fingerprint density at radius 3 is 2.14 bits per heavy atom. The molecule has 3 heterocycles. The van der Waals surface area contributed by atoms with Crippen molar-refractivity contribution in [2.24, 2.45) is 11.7 Å². The lowest BCUT2D eigenvalue weighted by Crippen LogP contribution is -2.79. The highest BCUT2D eigenvalue weighted by Crippen LogP contribution is 2.47. The Hall–Kier alpha value is -3.64. The van der Waals surface area contributed by atoms with E-state index in [2.05, 4.69) is 27.5 Å². The van der Waals surface area contributed by atoms with Gasteiger partial charge in [0.1, 0.15) is 29.6 Å². The number of hydrogen-bond acceptors (Lipinski definition) is 8. The predicted octanol–water partition coefficient (Wildman–Crippen LogP) is 2.43. The fourth-order valence-electron chi connectivity index (χ4n) is 8.82. The Bertz CT molecular complexity index is 1470. The molecule has 0 radical (unpaired) electrons. The quantitative estimate of drug-likeness (QED) is 0.256. The van der Waals surface area contributed by atoms with E-state index in [1.54, 1.807) is 7.05 Å². The first-order valence-corrected chi connectivity index (χ1v) is 18.9. The summed E-state index contributed by atoms with van der Waals surface area (Å²) in [7, 11) is 3.77. The second-order valence-electron chi connectivity index (χ2n) is 14.9. The Morgan fingerprint density at radius 2 is 1.55 bits per heavy atom. The van der Waals surface area contributed by atoms with Crippen molar-refractivity contribution in [3.63, 3.8) is 0 Å². The first kappa shape index (κ1) is 38.6. The lowest BCUT2D eigenvalue weighted by molar-refractivity contribution is -0.181. The van der Waals surface area contributed by atoms with Crippen LogP contribution in [0.25, 0.3) is 0 Å². The predicted molar refractivity (Wildman–Crippen MR) is 200 cm³/mol. The van der Waals surface area contributed by atoms with E-state index in [1.807, 2.05) is 79.4 Å². The molecule has 2 aromatic rings. The molecule has 11 nitrogen and oxygen atoms in total. The molecule has 3 aliphatic heterocycles. The lowest BCUT2D eigenvalue weighted by atomic mass is 9.74. The zero-order chi connectivity index (χ0) is 36.6. The molecular formula is C40H59N7O4. The minimum Gasteiger partial charge on any atom is -0.343 e. The Labute approximate surface area is 304 Å². The van der Waals surface area contributed by atoms with Gasteiger partial charge in [0.2, 0.25) is 17.7 Å². The van der Waals surface area contributed by atoms with E-state index in [0.717, 1.165) is 69.4 Å². The van der Waals surface area contributed by atoms with Crippen molar-refractivity contribution in [2.45, 2.75) is 94.5 Å². The maximum atomic E-state index is 15.3. The maximum Gasteiger partial charge on any atom is 0.246 e. The molecule has 278 valence electrons. The van der Waals surface area contributed by atoms with Crippen LogP contribution in [-0.4, -0.2) is 126 Å². The summed E-state index contributed by atoms with van der Waals surface area (Å²) in [5, 5.41) is 6.43. The lowest BCUT2D eigenvalue weighted by Gasteiger charge is -2.62. The van der Waals surface area contributed by atoms with Crippen molar-refractivity contribution in [2.75, 3.05) is 53.4 Å². The van der Waals surface area contributed by atoms with Gasteiger partial charge in [0, 0.05) is 46.2 Å². The number of likely N-dealkylation sites (tertiary alicyclic amines) is 2. The number of likely N-dealkylation sites (N-methyl/N-ethyl adjacent to an activating group) is 2. The molecule has 3 saturated heterocycles. The topological polar surface area (TPSA) is 131 Å². The van der Waals surface area contributed by atoms with E-state index in [1.165, 1.54) is 4.90 Å². The largest absolute Gasteiger partial charge is 0.343 e. The number of benzene rings is 2. The highest BCUT2D eigenvalue weighted by Gasteiger charge is 2.64. The molecular weight excluding hydrogens is 642 g/mol. The number of carbonyl (C=O) groups excluding carboxylic acids is 4. The normalized spacial score (nSPS) is 25.4. The summed E-state index contributed by atoms with van der Waals surface area (Å²) in [6, 6.07) is 16.7. The summed E-state index contributed by atoms with van der Waals surface area (Å²) < 4.78 is 0. The Kier molecular flexibility index (Phi) is 13.1. The number of nitrogens with zero attached hydrogens (tertiary/aromatic N) is 4. The Balaban J connectivity index is 1.48. The number of amides is 3. The highest BCUT2D eigenvalue weighted by molar-refractivity contribution is 5.94. The number of piperazine rings is 1. The minimum absolute atomic E-state index is 0.215. The van der Waals surface area contributed by atoms with Crippen molar-refractivity contribution in [3.8, 4) is 0 Å². The van der Waals surface area contributed by atoms with Crippen molar-refractivity contribution in [3.05, 3.63) is 71.8 Å². The van der Waals surface area contributed by atoms with Crippen LogP contribution in [0.5, 0.6) is 0 Å². The van der Waals surface area contributed by atoms with Gasteiger partial charge in [-0.25, -0.2) is 0 Å². The molecule has 0 aromatic heterocycles. The number of carbonyl (C=O) groups is 4. The van der Waals surface area contributed by atoms with E-state index in [4.69, 9.17) is 5.73 Å². The van der Waals surface area contributed by atoms with Crippen LogP contribution in [0.1, 0.15) is 63.5 Å². The first-order chi connectivity index (χ1) is 24.6. The molecule has 0 spiro atoms. The van der Waals surface area contributed by atoms with E-state index < -0.39 is 35.2 Å².